The molecule has 0 unspecified atom stereocenters. The molecule has 2 heteroatoms. The maximum Gasteiger partial charge on any atom is 0.132 e. The third-order valence-corrected chi connectivity index (χ3v) is 11.3. The molecule has 0 spiro atoms. The van der Waals surface area contributed by atoms with Gasteiger partial charge in [-0.2, -0.15) is 0 Å². The number of rotatable bonds is 4. The van der Waals surface area contributed by atoms with Gasteiger partial charge in [-0.15, -0.1) is 0 Å². The van der Waals surface area contributed by atoms with Crippen molar-refractivity contribution in [3.05, 3.63) is 222 Å². The standard InChI is InChI=1S/C51H33NO/c1-3-16-39(17-4-1)51(40-18-5-2-6-19-40)45-21-11-12-22-48(45)53-49-30-26-38(32-46(49)51)34-23-27-41(28-24-34)52-47-33-37-15-8-7-14-36(37)31-44(47)43-29-25-35-13-9-10-20-42(35)50(43)52/h1-33H. The number of fused-ring (bicyclic) bond motifs is 8. The van der Waals surface area contributed by atoms with Crippen LogP contribution in [-0.4, -0.2) is 4.57 Å². The van der Waals surface area contributed by atoms with Crippen LogP contribution in [0, 0.1) is 0 Å². The topological polar surface area (TPSA) is 14.2 Å². The van der Waals surface area contributed by atoms with Crippen molar-refractivity contribution in [1.82, 2.24) is 4.57 Å². The van der Waals surface area contributed by atoms with Crippen LogP contribution >= 0.6 is 0 Å². The molecule has 0 saturated heterocycles. The van der Waals surface area contributed by atoms with Gasteiger partial charge in [-0.3, -0.25) is 0 Å². The van der Waals surface area contributed by atoms with Gasteiger partial charge >= 0.3 is 0 Å². The van der Waals surface area contributed by atoms with Gasteiger partial charge in [-0.05, 0) is 80.9 Å². The largest absolute Gasteiger partial charge is 0.457 e. The molecule has 0 aliphatic carbocycles. The fourth-order valence-corrected chi connectivity index (χ4v) is 8.92. The van der Waals surface area contributed by atoms with Crippen molar-refractivity contribution in [3.63, 3.8) is 0 Å². The van der Waals surface area contributed by atoms with Gasteiger partial charge in [0.25, 0.3) is 0 Å². The average molecular weight is 676 g/mol. The zero-order chi connectivity index (χ0) is 34.9. The zero-order valence-corrected chi connectivity index (χ0v) is 28.9. The molecule has 1 aromatic heterocycles. The molecule has 0 atom stereocenters. The molecule has 0 amide bonds. The van der Waals surface area contributed by atoms with Crippen LogP contribution in [0.1, 0.15) is 22.3 Å². The van der Waals surface area contributed by atoms with Crippen LogP contribution in [0.2, 0.25) is 0 Å². The summed E-state index contributed by atoms with van der Waals surface area (Å²) in [5.74, 6) is 1.76. The van der Waals surface area contributed by atoms with Crippen LogP contribution in [0.15, 0.2) is 200 Å². The monoisotopic (exact) mass is 675 g/mol. The molecule has 1 aliphatic rings. The molecule has 0 bridgehead atoms. The highest BCUT2D eigenvalue weighted by molar-refractivity contribution is 6.20. The van der Waals surface area contributed by atoms with E-state index in [1.807, 2.05) is 0 Å². The summed E-state index contributed by atoms with van der Waals surface area (Å²) in [5, 5.41) is 7.51. The lowest BCUT2D eigenvalue weighted by molar-refractivity contribution is 0.434. The SMILES string of the molecule is c1ccc(C2(c3ccccc3)c3ccccc3Oc3ccc(-c4ccc(-n5c6cc7ccccc7cc6c6ccc7ccccc7c65)cc4)cc32)cc1. The Hall–Kier alpha value is -6.90. The minimum Gasteiger partial charge on any atom is -0.457 e. The van der Waals surface area contributed by atoms with Crippen LogP contribution in [0.4, 0.5) is 0 Å². The van der Waals surface area contributed by atoms with E-state index in [-0.39, 0.29) is 0 Å². The second-order valence-corrected chi connectivity index (χ2v) is 14.1. The molecule has 248 valence electrons. The molecule has 1 aliphatic heterocycles. The van der Waals surface area contributed by atoms with Gasteiger partial charge in [0.1, 0.15) is 11.5 Å². The van der Waals surface area contributed by atoms with Crippen LogP contribution in [0.25, 0.3) is 60.2 Å². The highest BCUT2D eigenvalue weighted by Crippen LogP contribution is 2.55. The summed E-state index contributed by atoms with van der Waals surface area (Å²) in [6.07, 6.45) is 0. The van der Waals surface area contributed by atoms with E-state index in [1.54, 1.807) is 0 Å². The Kier molecular flexibility index (Phi) is 6.50. The summed E-state index contributed by atoms with van der Waals surface area (Å²) in [5.41, 5.74) is 10.0. The van der Waals surface area contributed by atoms with Crippen molar-refractivity contribution in [2.45, 2.75) is 5.41 Å². The molecule has 0 radical (unpaired) electrons. The van der Waals surface area contributed by atoms with Gasteiger partial charge in [-0.1, -0.05) is 158 Å². The second kappa shape index (κ2) is 11.6. The first-order chi connectivity index (χ1) is 26.3. The van der Waals surface area contributed by atoms with Crippen LogP contribution in [0.5, 0.6) is 11.5 Å². The first-order valence-electron chi connectivity index (χ1n) is 18.3. The molecule has 2 heterocycles. The number of para-hydroxylation sites is 1. The fraction of sp³-hybridized carbons (Fsp3) is 0.0196. The van der Waals surface area contributed by atoms with Gasteiger partial charge in [0.2, 0.25) is 0 Å². The smallest absolute Gasteiger partial charge is 0.132 e. The van der Waals surface area contributed by atoms with E-state index in [2.05, 4.69) is 205 Å². The lowest BCUT2D eigenvalue weighted by atomic mass is 9.63. The van der Waals surface area contributed by atoms with E-state index in [1.165, 1.54) is 54.5 Å². The predicted molar refractivity (Wildman–Crippen MR) is 220 cm³/mol. The first kappa shape index (κ1) is 29.8. The normalized spacial score (nSPS) is 13.2. The predicted octanol–water partition coefficient (Wildman–Crippen LogP) is 13.2. The third kappa shape index (κ3) is 4.39. The Balaban J connectivity index is 1.12. The van der Waals surface area contributed by atoms with Gasteiger partial charge in [0, 0.05) is 33.0 Å². The van der Waals surface area contributed by atoms with E-state index >= 15 is 0 Å². The zero-order valence-electron chi connectivity index (χ0n) is 28.9. The van der Waals surface area contributed by atoms with Gasteiger partial charge in [0.15, 0.2) is 0 Å². The molecule has 9 aromatic carbocycles. The second-order valence-electron chi connectivity index (χ2n) is 14.1. The van der Waals surface area contributed by atoms with E-state index in [4.69, 9.17) is 4.74 Å². The Labute approximate surface area is 307 Å². The van der Waals surface area contributed by atoms with E-state index in [0.717, 1.165) is 39.4 Å². The van der Waals surface area contributed by atoms with Crippen LogP contribution in [0.3, 0.4) is 0 Å². The van der Waals surface area contributed by atoms with Crippen molar-refractivity contribution in [2.75, 3.05) is 0 Å². The molecule has 2 nitrogen and oxygen atoms in total. The quantitative estimate of drug-likeness (QED) is 0.181. The maximum absolute atomic E-state index is 6.68. The lowest BCUT2D eigenvalue weighted by Gasteiger charge is -2.41. The van der Waals surface area contributed by atoms with Crippen molar-refractivity contribution in [2.24, 2.45) is 0 Å². The van der Waals surface area contributed by atoms with Crippen LogP contribution in [-0.2, 0) is 5.41 Å². The maximum atomic E-state index is 6.68. The number of ether oxygens (including phenoxy) is 1. The summed E-state index contributed by atoms with van der Waals surface area (Å²) in [7, 11) is 0. The molecule has 53 heavy (non-hydrogen) atoms. The number of benzene rings is 9. The van der Waals surface area contributed by atoms with Crippen molar-refractivity contribution >= 4 is 43.4 Å². The minimum atomic E-state index is -0.560. The summed E-state index contributed by atoms with van der Waals surface area (Å²) in [4.78, 5) is 0. The molecular weight excluding hydrogens is 643 g/mol. The molecule has 0 N–H and O–H groups in total. The van der Waals surface area contributed by atoms with Gasteiger partial charge in [0.05, 0.1) is 16.4 Å². The summed E-state index contributed by atoms with van der Waals surface area (Å²) < 4.78 is 9.13. The number of nitrogens with zero attached hydrogens (tertiary/aromatic N) is 1. The van der Waals surface area contributed by atoms with Crippen molar-refractivity contribution in [3.8, 4) is 28.3 Å². The van der Waals surface area contributed by atoms with Gasteiger partial charge < -0.3 is 9.30 Å². The van der Waals surface area contributed by atoms with Gasteiger partial charge in [-0.25, -0.2) is 0 Å². The highest BCUT2D eigenvalue weighted by atomic mass is 16.5. The highest BCUT2D eigenvalue weighted by Gasteiger charge is 2.45. The van der Waals surface area contributed by atoms with E-state index in [9.17, 15) is 0 Å². The summed E-state index contributed by atoms with van der Waals surface area (Å²) in [6, 6.07) is 72.6. The van der Waals surface area contributed by atoms with E-state index in [0.29, 0.717) is 0 Å². The van der Waals surface area contributed by atoms with Crippen LogP contribution < -0.4 is 4.74 Å². The Morgan fingerprint density at radius 2 is 0.981 bits per heavy atom. The molecule has 0 saturated carbocycles. The van der Waals surface area contributed by atoms with Crippen molar-refractivity contribution < 1.29 is 4.74 Å². The minimum absolute atomic E-state index is 0.560. The number of aromatic nitrogens is 1. The summed E-state index contributed by atoms with van der Waals surface area (Å²) >= 11 is 0. The van der Waals surface area contributed by atoms with Crippen molar-refractivity contribution in [1.29, 1.82) is 0 Å². The first-order valence-corrected chi connectivity index (χ1v) is 18.3. The molecule has 0 fully saturated rings. The number of hydrogen-bond acceptors (Lipinski definition) is 1. The molecule has 10 aromatic rings. The third-order valence-electron chi connectivity index (χ3n) is 11.3. The summed E-state index contributed by atoms with van der Waals surface area (Å²) in [6.45, 7) is 0. The number of hydrogen-bond donors (Lipinski definition) is 0. The molecular formula is C51H33NO. The van der Waals surface area contributed by atoms with E-state index < -0.39 is 5.41 Å². The Bertz CT molecular complexity index is 2970. The fourth-order valence-electron chi connectivity index (χ4n) is 8.92. The lowest BCUT2D eigenvalue weighted by Crippen LogP contribution is -2.34. The average Bonchev–Trinajstić information content (AvgIpc) is 3.56. The molecule has 11 rings (SSSR count). The Morgan fingerprint density at radius 1 is 0.377 bits per heavy atom. The Morgan fingerprint density at radius 3 is 1.74 bits per heavy atom.